The Morgan fingerprint density at radius 2 is 2.28 bits per heavy atom. The number of carbonyl (C=O) groups excluding carboxylic acids is 1. The molecule has 0 aliphatic carbocycles. The Kier molecular flexibility index (Phi) is 7.02. The van der Waals surface area contributed by atoms with Crippen molar-refractivity contribution < 1.29 is 9.53 Å². The van der Waals surface area contributed by atoms with Gasteiger partial charge in [-0.25, -0.2) is 4.98 Å². The molecule has 0 aromatic carbocycles. The second-order valence-corrected chi connectivity index (χ2v) is 6.95. The SMILES string of the molecule is CNC/C=C/C(=O)N1CCC[C@H](Nc2cc(-c3ccnc(OC)c3)c[nH]c2=O)C1. The Hall–Kier alpha value is -3.13. The molecule has 154 valence electrons. The van der Waals surface area contributed by atoms with Crippen LogP contribution in [0, 0.1) is 0 Å². The molecule has 1 aliphatic rings. The normalized spacial score (nSPS) is 16.8. The zero-order chi connectivity index (χ0) is 20.6. The fraction of sp³-hybridized carbons (Fsp3) is 0.381. The lowest BCUT2D eigenvalue weighted by atomic mass is 10.0. The molecule has 29 heavy (non-hydrogen) atoms. The summed E-state index contributed by atoms with van der Waals surface area (Å²) < 4.78 is 5.18. The zero-order valence-electron chi connectivity index (χ0n) is 16.8. The molecular weight excluding hydrogens is 370 g/mol. The number of hydrogen-bond acceptors (Lipinski definition) is 6. The lowest BCUT2D eigenvalue weighted by Crippen LogP contribution is -2.45. The molecule has 0 radical (unpaired) electrons. The van der Waals surface area contributed by atoms with Crippen molar-refractivity contribution in [2.75, 3.05) is 39.1 Å². The molecule has 1 fully saturated rings. The number of nitrogens with one attached hydrogen (secondary N) is 3. The molecule has 2 aromatic heterocycles. The Morgan fingerprint density at radius 1 is 1.41 bits per heavy atom. The monoisotopic (exact) mass is 397 g/mol. The number of aromatic nitrogens is 2. The molecular formula is C21H27N5O3. The maximum Gasteiger partial charge on any atom is 0.271 e. The van der Waals surface area contributed by atoms with Crippen molar-refractivity contribution in [2.45, 2.75) is 18.9 Å². The number of methoxy groups -OCH3 is 1. The van der Waals surface area contributed by atoms with Gasteiger partial charge in [0.25, 0.3) is 5.56 Å². The highest BCUT2D eigenvalue weighted by atomic mass is 16.5. The predicted octanol–water partition coefficient (Wildman–Crippen LogP) is 1.62. The smallest absolute Gasteiger partial charge is 0.271 e. The van der Waals surface area contributed by atoms with Crippen molar-refractivity contribution in [3.05, 3.63) is 53.1 Å². The van der Waals surface area contributed by atoms with Crippen molar-refractivity contribution in [1.29, 1.82) is 0 Å². The molecule has 3 N–H and O–H groups in total. The van der Waals surface area contributed by atoms with E-state index in [-0.39, 0.29) is 17.5 Å². The van der Waals surface area contributed by atoms with Gasteiger partial charge < -0.3 is 25.3 Å². The molecule has 0 spiro atoms. The van der Waals surface area contributed by atoms with Gasteiger partial charge in [-0.2, -0.15) is 0 Å². The summed E-state index contributed by atoms with van der Waals surface area (Å²) in [6.45, 7) is 1.95. The summed E-state index contributed by atoms with van der Waals surface area (Å²) in [4.78, 5) is 33.4. The first-order valence-electron chi connectivity index (χ1n) is 9.70. The summed E-state index contributed by atoms with van der Waals surface area (Å²) >= 11 is 0. The zero-order valence-corrected chi connectivity index (χ0v) is 16.8. The first kappa shape index (κ1) is 20.6. The van der Waals surface area contributed by atoms with E-state index < -0.39 is 0 Å². The third-order valence-electron chi connectivity index (χ3n) is 4.86. The summed E-state index contributed by atoms with van der Waals surface area (Å²) in [7, 11) is 3.40. The first-order valence-corrected chi connectivity index (χ1v) is 9.70. The van der Waals surface area contributed by atoms with Crippen LogP contribution in [0.5, 0.6) is 5.88 Å². The highest BCUT2D eigenvalue weighted by Gasteiger charge is 2.23. The second kappa shape index (κ2) is 9.88. The van der Waals surface area contributed by atoms with Crippen LogP contribution in [0.4, 0.5) is 5.69 Å². The molecule has 1 amide bonds. The number of nitrogens with zero attached hydrogens (tertiary/aromatic N) is 2. The van der Waals surface area contributed by atoms with Crippen LogP contribution in [0.15, 0.2) is 47.5 Å². The van der Waals surface area contributed by atoms with E-state index in [1.165, 1.54) is 0 Å². The van der Waals surface area contributed by atoms with Crippen LogP contribution in [0.2, 0.25) is 0 Å². The van der Waals surface area contributed by atoms with Crippen molar-refractivity contribution in [2.24, 2.45) is 0 Å². The third-order valence-corrected chi connectivity index (χ3v) is 4.86. The highest BCUT2D eigenvalue weighted by molar-refractivity contribution is 5.87. The number of ether oxygens (including phenoxy) is 1. The number of likely N-dealkylation sites (tertiary alicyclic amines) is 1. The molecule has 8 heteroatoms. The van der Waals surface area contributed by atoms with Gasteiger partial charge in [0.15, 0.2) is 0 Å². The third kappa shape index (κ3) is 5.45. The number of likely N-dealkylation sites (N-methyl/N-ethyl adjacent to an activating group) is 1. The van der Waals surface area contributed by atoms with Crippen LogP contribution in [-0.4, -0.2) is 60.6 Å². The molecule has 8 nitrogen and oxygen atoms in total. The molecule has 3 heterocycles. The molecule has 1 atom stereocenters. The number of H-pyrrole nitrogens is 1. The Balaban J connectivity index is 1.72. The highest BCUT2D eigenvalue weighted by Crippen LogP contribution is 2.23. The van der Waals surface area contributed by atoms with Gasteiger partial charge in [-0.15, -0.1) is 0 Å². The predicted molar refractivity (Wildman–Crippen MR) is 113 cm³/mol. The molecule has 1 saturated heterocycles. The molecule has 0 saturated carbocycles. The van der Waals surface area contributed by atoms with E-state index in [4.69, 9.17) is 4.74 Å². The topological polar surface area (TPSA) is 99.3 Å². The summed E-state index contributed by atoms with van der Waals surface area (Å²) in [6.07, 6.45) is 8.54. The number of hydrogen-bond donors (Lipinski definition) is 3. The Morgan fingerprint density at radius 3 is 3.07 bits per heavy atom. The summed E-state index contributed by atoms with van der Waals surface area (Å²) in [6, 6.07) is 5.52. The van der Waals surface area contributed by atoms with Gasteiger partial charge in [0.05, 0.1) is 7.11 Å². The van der Waals surface area contributed by atoms with E-state index in [0.717, 1.165) is 30.5 Å². The van der Waals surface area contributed by atoms with Gasteiger partial charge in [0.1, 0.15) is 5.69 Å². The number of pyridine rings is 2. The average Bonchev–Trinajstić information content (AvgIpc) is 2.75. The van der Waals surface area contributed by atoms with Crippen molar-refractivity contribution in [3.63, 3.8) is 0 Å². The van der Waals surface area contributed by atoms with E-state index in [0.29, 0.717) is 24.7 Å². The van der Waals surface area contributed by atoms with Gasteiger partial charge in [0, 0.05) is 55.8 Å². The number of aromatic amines is 1. The van der Waals surface area contributed by atoms with Gasteiger partial charge in [-0.1, -0.05) is 6.08 Å². The first-order chi connectivity index (χ1) is 14.1. The van der Waals surface area contributed by atoms with Gasteiger partial charge >= 0.3 is 0 Å². The van der Waals surface area contributed by atoms with E-state index in [1.54, 1.807) is 25.6 Å². The standard InChI is InChI=1S/C21H27N5O3/c1-22-8-3-6-20(27)26-10-4-5-17(14-26)25-18-11-16(13-24-21(18)28)15-7-9-23-19(12-15)29-2/h3,6-7,9,11-13,17,22,25H,4-5,8,10,14H2,1-2H3,(H,24,28)/b6-3+/t17-/m0/s1. The van der Waals surface area contributed by atoms with Crippen molar-refractivity contribution >= 4 is 11.6 Å². The van der Waals surface area contributed by atoms with Crippen molar-refractivity contribution in [3.8, 4) is 17.0 Å². The quantitative estimate of drug-likeness (QED) is 0.614. The molecule has 0 unspecified atom stereocenters. The molecule has 0 bridgehead atoms. The van der Waals surface area contributed by atoms with E-state index >= 15 is 0 Å². The minimum absolute atomic E-state index is 0.00158. The minimum Gasteiger partial charge on any atom is -0.481 e. The van der Waals surface area contributed by atoms with E-state index in [1.807, 2.05) is 36.2 Å². The van der Waals surface area contributed by atoms with Crippen molar-refractivity contribution in [1.82, 2.24) is 20.2 Å². The number of piperidine rings is 1. The number of carbonyl (C=O) groups is 1. The maximum atomic E-state index is 12.3. The van der Waals surface area contributed by atoms with E-state index in [9.17, 15) is 9.59 Å². The largest absolute Gasteiger partial charge is 0.481 e. The van der Waals surface area contributed by atoms with Gasteiger partial charge in [0.2, 0.25) is 11.8 Å². The van der Waals surface area contributed by atoms with Crippen LogP contribution in [-0.2, 0) is 4.79 Å². The van der Waals surface area contributed by atoms with Crippen LogP contribution in [0.3, 0.4) is 0 Å². The minimum atomic E-state index is -0.188. The van der Waals surface area contributed by atoms with Gasteiger partial charge in [-0.3, -0.25) is 9.59 Å². The fourth-order valence-electron chi connectivity index (χ4n) is 3.36. The number of rotatable bonds is 7. The lowest BCUT2D eigenvalue weighted by Gasteiger charge is -2.33. The lowest BCUT2D eigenvalue weighted by molar-refractivity contribution is -0.127. The summed E-state index contributed by atoms with van der Waals surface area (Å²) in [5.74, 6) is 0.509. The number of anilines is 1. The molecule has 2 aromatic rings. The van der Waals surface area contributed by atoms with Crippen LogP contribution in [0.25, 0.3) is 11.1 Å². The second-order valence-electron chi connectivity index (χ2n) is 6.95. The average molecular weight is 397 g/mol. The maximum absolute atomic E-state index is 12.3. The Labute approximate surface area is 170 Å². The Bertz CT molecular complexity index is 925. The van der Waals surface area contributed by atoms with Crippen LogP contribution in [0.1, 0.15) is 12.8 Å². The fourth-order valence-corrected chi connectivity index (χ4v) is 3.36. The summed E-state index contributed by atoms with van der Waals surface area (Å²) in [5, 5.41) is 6.30. The van der Waals surface area contributed by atoms with Gasteiger partial charge in [-0.05, 0) is 37.6 Å². The molecule has 3 rings (SSSR count). The van der Waals surface area contributed by atoms with E-state index in [2.05, 4.69) is 20.6 Å². The molecule has 1 aliphatic heterocycles. The van der Waals surface area contributed by atoms with Crippen LogP contribution >= 0.6 is 0 Å². The summed E-state index contributed by atoms with van der Waals surface area (Å²) in [5.41, 5.74) is 2.05. The number of amides is 1. The van der Waals surface area contributed by atoms with Crippen LogP contribution < -0.4 is 20.9 Å².